The van der Waals surface area contributed by atoms with E-state index in [9.17, 15) is 4.79 Å². The first-order valence-electron chi connectivity index (χ1n) is 5.24. The molecular weight excluding hydrogens is 194 g/mol. The summed E-state index contributed by atoms with van der Waals surface area (Å²) in [6.07, 6.45) is 0.607. The fraction of sp³-hybridized carbons (Fsp3) is 0.909. The molecule has 0 aromatic carbocycles. The van der Waals surface area contributed by atoms with Gasteiger partial charge in [-0.1, -0.05) is 0 Å². The van der Waals surface area contributed by atoms with Crippen LogP contribution in [0.3, 0.4) is 0 Å². The van der Waals surface area contributed by atoms with Crippen LogP contribution in [0, 0.1) is 0 Å². The van der Waals surface area contributed by atoms with E-state index in [1.165, 1.54) is 0 Å². The fourth-order valence-electron chi connectivity index (χ4n) is 1.06. The van der Waals surface area contributed by atoms with Gasteiger partial charge < -0.3 is 15.2 Å². The van der Waals surface area contributed by atoms with Crippen molar-refractivity contribution in [3.05, 3.63) is 0 Å². The van der Waals surface area contributed by atoms with Crippen molar-refractivity contribution >= 4 is 5.97 Å². The minimum atomic E-state index is -0.445. The summed E-state index contributed by atoms with van der Waals surface area (Å²) >= 11 is 0. The van der Waals surface area contributed by atoms with Crippen LogP contribution in [-0.2, 0) is 9.53 Å². The fourth-order valence-corrected chi connectivity index (χ4v) is 1.06. The second kappa shape index (κ2) is 5.47. The zero-order valence-electron chi connectivity index (χ0n) is 10.4. The van der Waals surface area contributed by atoms with E-state index in [0.717, 1.165) is 0 Å². The van der Waals surface area contributed by atoms with E-state index in [1.54, 1.807) is 0 Å². The molecule has 0 fully saturated rings. The molecule has 4 nitrogen and oxygen atoms in total. The Balaban J connectivity index is 3.90. The molecule has 0 heterocycles. The number of rotatable bonds is 5. The maximum Gasteiger partial charge on any atom is 0.320 e. The molecule has 4 heteroatoms. The van der Waals surface area contributed by atoms with Gasteiger partial charge in [0.05, 0.1) is 6.54 Å². The van der Waals surface area contributed by atoms with Crippen LogP contribution in [0.4, 0.5) is 0 Å². The lowest BCUT2D eigenvalue weighted by atomic mass is 10.0. The molecule has 0 atom stereocenters. The predicted octanol–water partition coefficient (Wildman–Crippen LogP) is 1.08. The molecule has 0 aliphatic rings. The smallest absolute Gasteiger partial charge is 0.320 e. The summed E-state index contributed by atoms with van der Waals surface area (Å²) in [5.41, 5.74) is -0.689. The number of carbonyl (C=O) groups is 1. The van der Waals surface area contributed by atoms with Crippen LogP contribution in [0.15, 0.2) is 0 Å². The Morgan fingerprint density at radius 1 is 1.27 bits per heavy atom. The lowest BCUT2D eigenvalue weighted by Crippen LogP contribution is -2.44. The van der Waals surface area contributed by atoms with E-state index in [-0.39, 0.29) is 24.7 Å². The van der Waals surface area contributed by atoms with Gasteiger partial charge in [0.1, 0.15) is 5.60 Å². The molecule has 0 amide bonds. The van der Waals surface area contributed by atoms with Crippen molar-refractivity contribution in [1.82, 2.24) is 5.32 Å². The molecule has 0 spiro atoms. The second-order valence-electron chi connectivity index (χ2n) is 5.30. The molecule has 0 aromatic rings. The van der Waals surface area contributed by atoms with Crippen LogP contribution in [0.2, 0.25) is 0 Å². The largest absolute Gasteiger partial charge is 0.459 e. The first-order chi connectivity index (χ1) is 6.66. The van der Waals surface area contributed by atoms with Gasteiger partial charge >= 0.3 is 5.97 Å². The lowest BCUT2D eigenvalue weighted by molar-refractivity contribution is -0.154. The predicted molar refractivity (Wildman–Crippen MR) is 59.6 cm³/mol. The van der Waals surface area contributed by atoms with E-state index in [2.05, 4.69) is 5.32 Å². The van der Waals surface area contributed by atoms with E-state index in [1.807, 2.05) is 34.6 Å². The highest BCUT2D eigenvalue weighted by Crippen LogP contribution is 2.09. The highest BCUT2D eigenvalue weighted by molar-refractivity contribution is 5.72. The number of ether oxygens (including phenoxy) is 1. The van der Waals surface area contributed by atoms with Crippen molar-refractivity contribution in [2.45, 2.75) is 52.2 Å². The number of hydrogen-bond donors (Lipinski definition) is 2. The Kier molecular flexibility index (Phi) is 5.24. The molecule has 0 aromatic heterocycles. The second-order valence-corrected chi connectivity index (χ2v) is 5.30. The molecule has 0 aliphatic heterocycles. The van der Waals surface area contributed by atoms with Crippen molar-refractivity contribution in [1.29, 1.82) is 0 Å². The summed E-state index contributed by atoms with van der Waals surface area (Å²) in [5, 5.41) is 11.8. The Hall–Kier alpha value is -0.610. The molecule has 0 rings (SSSR count). The van der Waals surface area contributed by atoms with Crippen molar-refractivity contribution in [2.24, 2.45) is 0 Å². The lowest BCUT2D eigenvalue weighted by Gasteiger charge is -2.26. The standard InChI is InChI=1S/C11H23NO3/c1-10(2,3)15-9(14)8-12-11(4,5)6-7-13/h12-13H,6-8H2,1-5H3. The molecule has 2 N–H and O–H groups in total. The third-order valence-electron chi connectivity index (χ3n) is 1.87. The van der Waals surface area contributed by atoms with E-state index >= 15 is 0 Å². The van der Waals surface area contributed by atoms with Gasteiger partial charge in [-0.15, -0.1) is 0 Å². The van der Waals surface area contributed by atoms with Crippen molar-refractivity contribution in [3.8, 4) is 0 Å². The van der Waals surface area contributed by atoms with Crippen LogP contribution in [0.1, 0.15) is 41.0 Å². The summed E-state index contributed by atoms with van der Waals surface area (Å²) in [4.78, 5) is 11.4. The maximum absolute atomic E-state index is 11.4. The summed E-state index contributed by atoms with van der Waals surface area (Å²) < 4.78 is 5.15. The van der Waals surface area contributed by atoms with E-state index in [0.29, 0.717) is 6.42 Å². The first kappa shape index (κ1) is 14.4. The number of hydrogen-bond acceptors (Lipinski definition) is 4. The van der Waals surface area contributed by atoms with Gasteiger partial charge in [0.15, 0.2) is 0 Å². The summed E-state index contributed by atoms with van der Waals surface area (Å²) in [6, 6.07) is 0. The van der Waals surface area contributed by atoms with Crippen LogP contribution in [-0.4, -0.2) is 35.4 Å². The number of carbonyl (C=O) groups excluding carboxylic acids is 1. The highest BCUT2D eigenvalue weighted by Gasteiger charge is 2.20. The summed E-state index contributed by atoms with van der Waals surface area (Å²) in [5.74, 6) is -0.270. The molecule has 15 heavy (non-hydrogen) atoms. The number of aliphatic hydroxyl groups is 1. The maximum atomic E-state index is 11.4. The number of esters is 1. The quantitative estimate of drug-likeness (QED) is 0.677. The molecule has 0 radical (unpaired) electrons. The van der Waals surface area contributed by atoms with Crippen molar-refractivity contribution < 1.29 is 14.6 Å². The van der Waals surface area contributed by atoms with Crippen LogP contribution >= 0.6 is 0 Å². The highest BCUT2D eigenvalue weighted by atomic mass is 16.6. The molecule has 0 saturated carbocycles. The summed E-state index contributed by atoms with van der Waals surface area (Å²) in [7, 11) is 0. The Morgan fingerprint density at radius 2 is 1.80 bits per heavy atom. The van der Waals surface area contributed by atoms with Crippen molar-refractivity contribution in [2.75, 3.05) is 13.2 Å². The van der Waals surface area contributed by atoms with E-state index in [4.69, 9.17) is 9.84 Å². The minimum absolute atomic E-state index is 0.105. The normalized spacial score (nSPS) is 12.7. The zero-order chi connectivity index (χ0) is 12.1. The van der Waals surface area contributed by atoms with Gasteiger partial charge in [-0.25, -0.2) is 0 Å². The van der Waals surface area contributed by atoms with Gasteiger partial charge in [0.2, 0.25) is 0 Å². The number of aliphatic hydroxyl groups excluding tert-OH is 1. The Labute approximate surface area is 92.0 Å². The molecule has 0 bridgehead atoms. The summed E-state index contributed by atoms with van der Waals surface area (Å²) in [6.45, 7) is 9.66. The average molecular weight is 217 g/mol. The van der Waals surface area contributed by atoms with Gasteiger partial charge in [-0.2, -0.15) is 0 Å². The third kappa shape index (κ3) is 8.39. The molecule has 90 valence electrons. The molecule has 0 aliphatic carbocycles. The third-order valence-corrected chi connectivity index (χ3v) is 1.87. The average Bonchev–Trinajstić information content (AvgIpc) is 1.98. The SMILES string of the molecule is CC(C)(CCO)NCC(=O)OC(C)(C)C. The zero-order valence-corrected chi connectivity index (χ0v) is 10.4. The molecule has 0 unspecified atom stereocenters. The minimum Gasteiger partial charge on any atom is -0.459 e. The molecular formula is C11H23NO3. The van der Waals surface area contributed by atoms with Crippen LogP contribution < -0.4 is 5.32 Å². The Morgan fingerprint density at radius 3 is 2.20 bits per heavy atom. The van der Waals surface area contributed by atoms with Crippen LogP contribution in [0.5, 0.6) is 0 Å². The first-order valence-corrected chi connectivity index (χ1v) is 5.24. The van der Waals surface area contributed by atoms with Gasteiger partial charge in [-0.05, 0) is 41.0 Å². The molecule has 0 saturated heterocycles. The monoisotopic (exact) mass is 217 g/mol. The Bertz CT molecular complexity index is 206. The van der Waals surface area contributed by atoms with Gasteiger partial charge in [0.25, 0.3) is 0 Å². The van der Waals surface area contributed by atoms with E-state index < -0.39 is 5.60 Å². The van der Waals surface area contributed by atoms with Gasteiger partial charge in [0, 0.05) is 12.1 Å². The van der Waals surface area contributed by atoms with Gasteiger partial charge in [-0.3, -0.25) is 4.79 Å². The van der Waals surface area contributed by atoms with Crippen LogP contribution in [0.25, 0.3) is 0 Å². The topological polar surface area (TPSA) is 58.6 Å². The van der Waals surface area contributed by atoms with Crippen molar-refractivity contribution in [3.63, 3.8) is 0 Å². The number of nitrogens with one attached hydrogen (secondary N) is 1.